The van der Waals surface area contributed by atoms with Crippen molar-refractivity contribution < 1.29 is 23.8 Å². The summed E-state index contributed by atoms with van der Waals surface area (Å²) in [6.07, 6.45) is 0. The molecule has 7 nitrogen and oxygen atoms in total. The van der Waals surface area contributed by atoms with Gasteiger partial charge in [-0.2, -0.15) is 5.26 Å². The monoisotopic (exact) mass is 386 g/mol. The summed E-state index contributed by atoms with van der Waals surface area (Å²) in [4.78, 5) is 26.1. The van der Waals surface area contributed by atoms with Crippen molar-refractivity contribution in [3.05, 3.63) is 41.3 Å². The average molecular weight is 386 g/mol. The third-order valence-electron chi connectivity index (χ3n) is 3.83. The van der Waals surface area contributed by atoms with Gasteiger partial charge < -0.3 is 19.9 Å². The van der Waals surface area contributed by atoms with Gasteiger partial charge >= 0.3 is 11.9 Å². The molecule has 0 fully saturated rings. The van der Waals surface area contributed by atoms with Crippen molar-refractivity contribution in [1.29, 1.82) is 5.26 Å². The SMILES string of the molecule is CC(C)(C)OC(=O)C(C(=O)OC(C)(C)C)C1C(C#N)=C(N)Oc2ccccc21. The van der Waals surface area contributed by atoms with Crippen LogP contribution >= 0.6 is 0 Å². The summed E-state index contributed by atoms with van der Waals surface area (Å²) in [5, 5.41) is 9.66. The Hall–Kier alpha value is -3.01. The largest absolute Gasteiger partial charge is 0.459 e. The lowest BCUT2D eigenvalue weighted by Gasteiger charge is -2.33. The summed E-state index contributed by atoms with van der Waals surface area (Å²) in [5.74, 6) is -3.73. The van der Waals surface area contributed by atoms with Gasteiger partial charge in [0.05, 0.1) is 11.5 Å². The van der Waals surface area contributed by atoms with Gasteiger partial charge in [0.1, 0.15) is 23.0 Å². The minimum atomic E-state index is -1.41. The molecule has 7 heteroatoms. The molecule has 2 rings (SSSR count). The number of para-hydroxylation sites is 1. The average Bonchev–Trinajstić information content (AvgIpc) is 2.51. The fraction of sp³-hybridized carbons (Fsp3) is 0.476. The molecule has 0 bridgehead atoms. The van der Waals surface area contributed by atoms with Gasteiger partial charge in [0, 0.05) is 5.56 Å². The molecule has 0 radical (unpaired) electrons. The Morgan fingerprint density at radius 3 is 2.04 bits per heavy atom. The van der Waals surface area contributed by atoms with E-state index < -0.39 is 35.0 Å². The van der Waals surface area contributed by atoms with Crippen molar-refractivity contribution in [3.8, 4) is 11.8 Å². The Kier molecular flexibility index (Phi) is 5.74. The second kappa shape index (κ2) is 7.55. The van der Waals surface area contributed by atoms with Crippen LogP contribution in [0.3, 0.4) is 0 Å². The van der Waals surface area contributed by atoms with Crippen molar-refractivity contribution in [1.82, 2.24) is 0 Å². The van der Waals surface area contributed by atoms with Crippen LogP contribution in [0.1, 0.15) is 53.0 Å². The van der Waals surface area contributed by atoms with E-state index >= 15 is 0 Å². The second-order valence-electron chi connectivity index (χ2n) is 8.55. The number of hydrogen-bond acceptors (Lipinski definition) is 7. The lowest BCUT2D eigenvalue weighted by Crippen LogP contribution is -2.41. The van der Waals surface area contributed by atoms with Crippen LogP contribution in [0, 0.1) is 17.2 Å². The summed E-state index contributed by atoms with van der Waals surface area (Å²) in [6, 6.07) is 8.78. The maximum atomic E-state index is 13.0. The van der Waals surface area contributed by atoms with E-state index in [0.717, 1.165) is 0 Å². The van der Waals surface area contributed by atoms with Gasteiger partial charge in [-0.25, -0.2) is 0 Å². The van der Waals surface area contributed by atoms with E-state index in [0.29, 0.717) is 11.3 Å². The lowest BCUT2D eigenvalue weighted by molar-refractivity contribution is -0.175. The molecule has 28 heavy (non-hydrogen) atoms. The summed E-state index contributed by atoms with van der Waals surface area (Å²) in [7, 11) is 0. The van der Waals surface area contributed by atoms with Crippen LogP contribution < -0.4 is 10.5 Å². The van der Waals surface area contributed by atoms with Crippen LogP contribution in [0.4, 0.5) is 0 Å². The number of carbonyl (C=O) groups is 2. The highest BCUT2D eigenvalue weighted by Gasteiger charge is 2.46. The predicted octanol–water partition coefficient (Wildman–Crippen LogP) is 3.16. The number of allylic oxidation sites excluding steroid dienone is 1. The zero-order chi connectivity index (χ0) is 21.3. The maximum absolute atomic E-state index is 13.0. The molecule has 1 aromatic carbocycles. The Bertz CT molecular complexity index is 825. The number of nitrogens with zero attached hydrogens (tertiary/aromatic N) is 1. The Morgan fingerprint density at radius 2 is 1.57 bits per heavy atom. The first-order chi connectivity index (χ1) is 12.8. The number of nitrogens with two attached hydrogens (primary N) is 1. The minimum Gasteiger partial charge on any atom is -0.459 e. The van der Waals surface area contributed by atoms with Crippen molar-refractivity contribution in [3.63, 3.8) is 0 Å². The van der Waals surface area contributed by atoms with Crippen molar-refractivity contribution in [2.45, 2.75) is 58.7 Å². The molecule has 150 valence electrons. The Morgan fingerprint density at radius 1 is 1.07 bits per heavy atom. The molecule has 1 aliphatic rings. The number of fused-ring (bicyclic) bond motifs is 1. The van der Waals surface area contributed by atoms with E-state index in [-0.39, 0.29) is 11.5 Å². The molecular formula is C21H26N2O5. The molecular weight excluding hydrogens is 360 g/mol. The smallest absolute Gasteiger partial charge is 0.321 e. The lowest BCUT2D eigenvalue weighted by atomic mass is 9.79. The molecule has 0 aliphatic carbocycles. The second-order valence-corrected chi connectivity index (χ2v) is 8.55. The molecule has 0 saturated carbocycles. The predicted molar refractivity (Wildman–Crippen MR) is 102 cm³/mol. The zero-order valence-electron chi connectivity index (χ0n) is 17.0. The van der Waals surface area contributed by atoms with E-state index in [9.17, 15) is 14.9 Å². The molecule has 1 atom stereocenters. The fourth-order valence-electron chi connectivity index (χ4n) is 2.88. The van der Waals surface area contributed by atoms with Crippen LogP contribution in [0.25, 0.3) is 0 Å². The molecule has 0 saturated heterocycles. The molecule has 1 aliphatic heterocycles. The van der Waals surface area contributed by atoms with Gasteiger partial charge in [-0.3, -0.25) is 9.59 Å². The fourth-order valence-corrected chi connectivity index (χ4v) is 2.88. The minimum absolute atomic E-state index is 0.0135. The first-order valence-electron chi connectivity index (χ1n) is 8.96. The van der Waals surface area contributed by atoms with Gasteiger partial charge in [-0.15, -0.1) is 0 Å². The number of rotatable bonds is 3. The molecule has 2 N–H and O–H groups in total. The summed E-state index contributed by atoms with van der Waals surface area (Å²) >= 11 is 0. The van der Waals surface area contributed by atoms with Gasteiger partial charge in [0.2, 0.25) is 5.88 Å². The van der Waals surface area contributed by atoms with Crippen LogP contribution in [-0.4, -0.2) is 23.1 Å². The molecule has 0 amide bonds. The summed E-state index contributed by atoms with van der Waals surface area (Å²) in [6.45, 7) is 10.2. The molecule has 1 unspecified atom stereocenters. The van der Waals surface area contributed by atoms with Gasteiger partial charge in [0.25, 0.3) is 0 Å². The number of benzene rings is 1. The first kappa shape index (κ1) is 21.3. The van der Waals surface area contributed by atoms with Crippen LogP contribution in [0.5, 0.6) is 5.75 Å². The van der Waals surface area contributed by atoms with E-state index in [2.05, 4.69) is 0 Å². The van der Waals surface area contributed by atoms with Crippen molar-refractivity contribution in [2.75, 3.05) is 0 Å². The number of esters is 2. The maximum Gasteiger partial charge on any atom is 0.321 e. The Balaban J connectivity index is 2.62. The van der Waals surface area contributed by atoms with E-state index in [1.54, 1.807) is 65.8 Å². The third-order valence-corrected chi connectivity index (χ3v) is 3.83. The van der Waals surface area contributed by atoms with Crippen LogP contribution in [0.2, 0.25) is 0 Å². The standard InChI is InChI=1S/C21H26N2O5/c1-20(2,3)27-18(24)16(19(25)28-21(4,5)6)15-12-9-7-8-10-14(12)26-17(23)13(15)11-22/h7-10,15-16H,23H2,1-6H3. The number of ether oxygens (including phenoxy) is 3. The highest BCUT2D eigenvalue weighted by molar-refractivity contribution is 5.97. The third kappa shape index (κ3) is 4.83. The number of carbonyl (C=O) groups excluding carboxylic acids is 2. The van der Waals surface area contributed by atoms with E-state index in [4.69, 9.17) is 19.9 Å². The van der Waals surface area contributed by atoms with Gasteiger partial charge in [-0.05, 0) is 47.6 Å². The molecule has 1 aromatic rings. The van der Waals surface area contributed by atoms with Crippen LogP contribution in [-0.2, 0) is 19.1 Å². The highest BCUT2D eigenvalue weighted by atomic mass is 16.6. The van der Waals surface area contributed by atoms with Gasteiger partial charge in [-0.1, -0.05) is 18.2 Å². The van der Waals surface area contributed by atoms with E-state index in [1.807, 2.05) is 6.07 Å². The van der Waals surface area contributed by atoms with Crippen LogP contribution in [0.15, 0.2) is 35.7 Å². The summed E-state index contributed by atoms with van der Waals surface area (Å²) < 4.78 is 16.5. The summed E-state index contributed by atoms with van der Waals surface area (Å²) in [5.41, 5.74) is 4.74. The number of hydrogen-bond donors (Lipinski definition) is 1. The van der Waals surface area contributed by atoms with Crippen molar-refractivity contribution >= 4 is 11.9 Å². The molecule has 0 aromatic heterocycles. The zero-order valence-corrected chi connectivity index (χ0v) is 17.0. The quantitative estimate of drug-likeness (QED) is 0.627. The molecule has 0 spiro atoms. The number of nitriles is 1. The topological polar surface area (TPSA) is 112 Å². The molecule has 1 heterocycles. The van der Waals surface area contributed by atoms with E-state index in [1.165, 1.54) is 0 Å². The first-order valence-corrected chi connectivity index (χ1v) is 8.96. The van der Waals surface area contributed by atoms with Gasteiger partial charge in [0.15, 0.2) is 5.92 Å². The normalized spacial score (nSPS) is 16.7. The Labute approximate surface area is 165 Å². The highest BCUT2D eigenvalue weighted by Crippen LogP contribution is 2.43. The van der Waals surface area contributed by atoms with Crippen molar-refractivity contribution in [2.24, 2.45) is 11.7 Å².